The van der Waals surface area contributed by atoms with Gasteiger partial charge in [-0.15, -0.1) is 11.6 Å². The van der Waals surface area contributed by atoms with Gasteiger partial charge in [-0.3, -0.25) is 4.79 Å². The van der Waals surface area contributed by atoms with Crippen molar-refractivity contribution in [2.45, 2.75) is 32.2 Å². The van der Waals surface area contributed by atoms with Crippen LogP contribution in [-0.2, 0) is 19.6 Å². The van der Waals surface area contributed by atoms with Crippen LogP contribution in [0.5, 0.6) is 0 Å². The fourth-order valence-electron chi connectivity index (χ4n) is 1.99. The van der Waals surface area contributed by atoms with Gasteiger partial charge >= 0.3 is 0 Å². The first-order valence-electron chi connectivity index (χ1n) is 6.94. The molecule has 0 aromatic carbocycles. The molecule has 1 heterocycles. The maximum Gasteiger partial charge on any atom is 0.240 e. The third kappa shape index (κ3) is 5.20. The highest BCUT2D eigenvalue weighted by Gasteiger charge is 2.36. The molecular formula is C12H23ClN2O4S. The summed E-state index contributed by atoms with van der Waals surface area (Å²) in [4.78, 5) is 12.0. The van der Waals surface area contributed by atoms with Crippen LogP contribution >= 0.6 is 11.6 Å². The highest BCUT2D eigenvalue weighted by Crippen LogP contribution is 2.15. The predicted molar refractivity (Wildman–Crippen MR) is 78.4 cm³/mol. The number of unbranched alkanes of at least 4 members (excludes halogenated alkanes) is 1. The SMILES string of the molecule is CCCNC(=O)C1COCCN1S(=O)(=O)CCCCCl. The lowest BCUT2D eigenvalue weighted by Crippen LogP contribution is -2.56. The lowest BCUT2D eigenvalue weighted by Gasteiger charge is -2.33. The number of hydrogen-bond donors (Lipinski definition) is 1. The summed E-state index contributed by atoms with van der Waals surface area (Å²) < 4.78 is 31.1. The molecule has 118 valence electrons. The third-order valence-corrected chi connectivity index (χ3v) is 5.30. The summed E-state index contributed by atoms with van der Waals surface area (Å²) in [5.41, 5.74) is 0. The van der Waals surface area contributed by atoms with Crippen LogP contribution in [0.1, 0.15) is 26.2 Å². The van der Waals surface area contributed by atoms with Gasteiger partial charge in [0.15, 0.2) is 0 Å². The van der Waals surface area contributed by atoms with Crippen molar-refractivity contribution >= 4 is 27.5 Å². The quantitative estimate of drug-likeness (QED) is 0.522. The predicted octanol–water partition coefficient (Wildman–Crippen LogP) is 0.562. The number of nitrogens with one attached hydrogen (secondary N) is 1. The molecule has 0 aliphatic carbocycles. The first kappa shape index (κ1) is 17.7. The Kier molecular flexibility index (Phi) is 7.79. The van der Waals surface area contributed by atoms with E-state index in [9.17, 15) is 13.2 Å². The Bertz CT molecular complexity index is 402. The van der Waals surface area contributed by atoms with E-state index in [1.807, 2.05) is 6.92 Å². The van der Waals surface area contributed by atoms with Crippen LogP contribution in [0.4, 0.5) is 0 Å². The molecule has 1 rings (SSSR count). The number of carbonyl (C=O) groups is 1. The zero-order chi connectivity index (χ0) is 15.0. The number of ether oxygens (including phenoxy) is 1. The van der Waals surface area contributed by atoms with E-state index in [1.54, 1.807) is 0 Å². The molecule has 1 aliphatic heterocycles. The maximum absolute atomic E-state index is 12.3. The number of morpholine rings is 1. The number of nitrogens with zero attached hydrogens (tertiary/aromatic N) is 1. The van der Waals surface area contributed by atoms with Crippen molar-refractivity contribution in [1.29, 1.82) is 0 Å². The van der Waals surface area contributed by atoms with E-state index in [0.29, 0.717) is 31.9 Å². The molecule has 0 aromatic rings. The van der Waals surface area contributed by atoms with Crippen LogP contribution in [0.2, 0.25) is 0 Å². The van der Waals surface area contributed by atoms with Gasteiger partial charge in [-0.2, -0.15) is 4.31 Å². The Balaban J connectivity index is 2.69. The summed E-state index contributed by atoms with van der Waals surface area (Å²) in [6.07, 6.45) is 1.96. The summed E-state index contributed by atoms with van der Waals surface area (Å²) >= 11 is 5.56. The Hall–Kier alpha value is -0.370. The lowest BCUT2D eigenvalue weighted by molar-refractivity contribution is -0.129. The summed E-state index contributed by atoms with van der Waals surface area (Å²) in [6.45, 7) is 3.15. The summed E-state index contributed by atoms with van der Waals surface area (Å²) in [7, 11) is -3.44. The summed E-state index contributed by atoms with van der Waals surface area (Å²) in [5, 5.41) is 2.73. The minimum atomic E-state index is -3.44. The number of hydrogen-bond acceptors (Lipinski definition) is 4. The van der Waals surface area contributed by atoms with E-state index >= 15 is 0 Å². The van der Waals surface area contributed by atoms with Crippen molar-refractivity contribution in [3.05, 3.63) is 0 Å². The third-order valence-electron chi connectivity index (χ3n) is 3.07. The van der Waals surface area contributed by atoms with Crippen LogP contribution in [0.3, 0.4) is 0 Å². The van der Waals surface area contributed by atoms with Crippen molar-refractivity contribution in [1.82, 2.24) is 9.62 Å². The van der Waals surface area contributed by atoms with Crippen LogP contribution in [0, 0.1) is 0 Å². The zero-order valence-electron chi connectivity index (χ0n) is 11.8. The first-order valence-corrected chi connectivity index (χ1v) is 9.08. The molecule has 0 bridgehead atoms. The number of amides is 1. The van der Waals surface area contributed by atoms with Crippen molar-refractivity contribution in [2.24, 2.45) is 0 Å². The van der Waals surface area contributed by atoms with Gasteiger partial charge in [0, 0.05) is 19.0 Å². The minimum absolute atomic E-state index is 0.0251. The molecule has 1 N–H and O–H groups in total. The second kappa shape index (κ2) is 8.81. The number of sulfonamides is 1. The normalized spacial score (nSPS) is 20.8. The maximum atomic E-state index is 12.3. The molecule has 6 nitrogen and oxygen atoms in total. The van der Waals surface area contributed by atoms with Gasteiger partial charge in [0.25, 0.3) is 0 Å². The van der Waals surface area contributed by atoms with Crippen LogP contribution in [0.15, 0.2) is 0 Å². The van der Waals surface area contributed by atoms with E-state index < -0.39 is 16.1 Å². The smallest absolute Gasteiger partial charge is 0.240 e. The minimum Gasteiger partial charge on any atom is -0.378 e. The molecule has 1 aliphatic rings. The average Bonchev–Trinajstić information content (AvgIpc) is 2.45. The summed E-state index contributed by atoms with van der Waals surface area (Å²) in [5.74, 6) is 0.184. The van der Waals surface area contributed by atoms with E-state index in [1.165, 1.54) is 4.31 Å². The van der Waals surface area contributed by atoms with Crippen molar-refractivity contribution in [3.63, 3.8) is 0 Å². The van der Waals surface area contributed by atoms with Gasteiger partial charge in [-0.25, -0.2) is 8.42 Å². The van der Waals surface area contributed by atoms with E-state index in [0.717, 1.165) is 6.42 Å². The molecule has 0 spiro atoms. The number of rotatable bonds is 8. The van der Waals surface area contributed by atoms with E-state index in [4.69, 9.17) is 16.3 Å². The molecule has 0 saturated carbocycles. The van der Waals surface area contributed by atoms with Crippen LogP contribution < -0.4 is 5.32 Å². The number of alkyl halides is 1. The molecule has 8 heteroatoms. The van der Waals surface area contributed by atoms with Gasteiger partial charge in [0.2, 0.25) is 15.9 Å². The van der Waals surface area contributed by atoms with Crippen LogP contribution in [-0.4, -0.2) is 62.6 Å². The highest BCUT2D eigenvalue weighted by atomic mass is 35.5. The monoisotopic (exact) mass is 326 g/mol. The van der Waals surface area contributed by atoms with Gasteiger partial charge in [0.05, 0.1) is 19.0 Å². The zero-order valence-corrected chi connectivity index (χ0v) is 13.4. The van der Waals surface area contributed by atoms with Crippen molar-refractivity contribution in [2.75, 3.05) is 37.9 Å². The summed E-state index contributed by atoms with van der Waals surface area (Å²) in [6, 6.07) is -0.753. The molecule has 1 atom stereocenters. The molecule has 1 fully saturated rings. The highest BCUT2D eigenvalue weighted by molar-refractivity contribution is 7.89. The molecule has 0 radical (unpaired) electrons. The second-order valence-corrected chi connectivity index (χ2v) is 7.12. The van der Waals surface area contributed by atoms with Gasteiger partial charge in [-0.1, -0.05) is 6.92 Å². The molecule has 0 aromatic heterocycles. The number of carbonyl (C=O) groups excluding carboxylic acids is 1. The fraction of sp³-hybridized carbons (Fsp3) is 0.917. The lowest BCUT2D eigenvalue weighted by atomic mass is 10.2. The number of halogens is 1. The molecule has 20 heavy (non-hydrogen) atoms. The molecule has 1 unspecified atom stereocenters. The van der Waals surface area contributed by atoms with Gasteiger partial charge < -0.3 is 10.1 Å². The Labute approximate surface area is 125 Å². The average molecular weight is 327 g/mol. The largest absolute Gasteiger partial charge is 0.378 e. The first-order chi connectivity index (χ1) is 9.53. The van der Waals surface area contributed by atoms with Gasteiger partial charge in [-0.05, 0) is 19.3 Å². The molecule has 1 amide bonds. The Morgan fingerprint density at radius 1 is 1.45 bits per heavy atom. The second-order valence-electron chi connectivity index (χ2n) is 4.70. The Morgan fingerprint density at radius 2 is 2.20 bits per heavy atom. The topological polar surface area (TPSA) is 75.7 Å². The van der Waals surface area contributed by atoms with Gasteiger partial charge in [0.1, 0.15) is 6.04 Å². The molecular weight excluding hydrogens is 304 g/mol. The van der Waals surface area contributed by atoms with E-state index in [-0.39, 0.29) is 24.8 Å². The van der Waals surface area contributed by atoms with E-state index in [2.05, 4.69) is 5.32 Å². The van der Waals surface area contributed by atoms with Crippen molar-refractivity contribution < 1.29 is 17.9 Å². The fourth-order valence-corrected chi connectivity index (χ4v) is 3.88. The molecule has 1 saturated heterocycles. The van der Waals surface area contributed by atoms with Crippen molar-refractivity contribution in [3.8, 4) is 0 Å². The van der Waals surface area contributed by atoms with Crippen LogP contribution in [0.25, 0.3) is 0 Å². The standard InChI is InChI=1S/C12H23ClN2O4S/c1-2-6-14-12(16)11-10-19-8-7-15(11)20(17,18)9-4-3-5-13/h11H,2-10H2,1H3,(H,14,16). The Morgan fingerprint density at radius 3 is 2.85 bits per heavy atom.